The fraction of sp³-hybridized carbons (Fsp3) is 0.0909. The third kappa shape index (κ3) is 5.65. The second-order valence-electron chi connectivity index (χ2n) is 6.21. The van der Waals surface area contributed by atoms with Crippen LogP contribution in [0.3, 0.4) is 0 Å². The van der Waals surface area contributed by atoms with Gasteiger partial charge in [-0.05, 0) is 71.8 Å². The predicted molar refractivity (Wildman–Crippen MR) is 112 cm³/mol. The fourth-order valence-electron chi connectivity index (χ4n) is 2.50. The van der Waals surface area contributed by atoms with Gasteiger partial charge in [-0.2, -0.15) is 5.10 Å². The van der Waals surface area contributed by atoms with Crippen molar-refractivity contribution < 1.29 is 19.2 Å². The number of nitro groups is 1. The molecule has 1 amide bonds. The number of non-ortho nitro benzene ring substituents is 1. The molecule has 0 atom stereocenters. The first-order chi connectivity index (χ1) is 14.5. The highest BCUT2D eigenvalue weighted by molar-refractivity contribution is 5.95. The van der Waals surface area contributed by atoms with Crippen LogP contribution in [0, 0.1) is 10.1 Å². The molecule has 3 aromatic rings. The van der Waals surface area contributed by atoms with Gasteiger partial charge in [-0.15, -0.1) is 0 Å². The summed E-state index contributed by atoms with van der Waals surface area (Å²) in [6, 6.07) is 20.1. The lowest BCUT2D eigenvalue weighted by molar-refractivity contribution is -0.384. The van der Waals surface area contributed by atoms with Gasteiger partial charge < -0.3 is 9.47 Å². The molecule has 0 saturated heterocycles. The number of methoxy groups -OCH3 is 1. The van der Waals surface area contributed by atoms with Gasteiger partial charge in [-0.25, -0.2) is 5.43 Å². The van der Waals surface area contributed by atoms with E-state index in [1.54, 1.807) is 67.8 Å². The summed E-state index contributed by atoms with van der Waals surface area (Å²) in [5, 5.41) is 14.6. The summed E-state index contributed by atoms with van der Waals surface area (Å²) in [5.41, 5.74) is 4.60. The van der Waals surface area contributed by atoms with Crippen LogP contribution in [0.2, 0.25) is 0 Å². The second-order valence-corrected chi connectivity index (χ2v) is 6.21. The van der Waals surface area contributed by atoms with Gasteiger partial charge in [-0.1, -0.05) is 0 Å². The van der Waals surface area contributed by atoms with Crippen LogP contribution in [-0.2, 0) is 6.61 Å². The smallest absolute Gasteiger partial charge is 0.271 e. The van der Waals surface area contributed by atoms with Crippen molar-refractivity contribution in [2.45, 2.75) is 6.61 Å². The number of carbonyl (C=O) groups is 1. The molecule has 0 saturated carbocycles. The Morgan fingerprint density at radius 3 is 2.23 bits per heavy atom. The Labute approximate surface area is 172 Å². The number of rotatable bonds is 8. The van der Waals surface area contributed by atoms with Crippen LogP contribution in [-0.4, -0.2) is 24.2 Å². The van der Waals surface area contributed by atoms with Crippen LogP contribution in [0.25, 0.3) is 0 Å². The number of nitrogens with zero attached hydrogens (tertiary/aromatic N) is 2. The number of ether oxygens (including phenoxy) is 2. The maximum atomic E-state index is 12.0. The van der Waals surface area contributed by atoms with Crippen LogP contribution >= 0.6 is 0 Å². The standard InChI is InChI=1S/C22H19N3O5/c1-29-20-12-6-18(7-13-20)22(26)24-23-14-16-4-10-21(11-5-16)30-15-17-2-8-19(9-3-17)25(27)28/h2-14H,15H2,1H3,(H,24,26)/b23-14-. The zero-order chi connectivity index (χ0) is 21.3. The van der Waals surface area contributed by atoms with Crippen molar-refractivity contribution in [3.8, 4) is 11.5 Å². The maximum absolute atomic E-state index is 12.0. The van der Waals surface area contributed by atoms with E-state index in [0.717, 1.165) is 11.1 Å². The van der Waals surface area contributed by atoms with Gasteiger partial charge in [0.15, 0.2) is 0 Å². The second kappa shape index (κ2) is 9.83. The van der Waals surface area contributed by atoms with E-state index in [0.29, 0.717) is 23.7 Å². The van der Waals surface area contributed by atoms with E-state index in [9.17, 15) is 14.9 Å². The van der Waals surface area contributed by atoms with Gasteiger partial charge >= 0.3 is 0 Å². The van der Waals surface area contributed by atoms with E-state index < -0.39 is 4.92 Å². The van der Waals surface area contributed by atoms with E-state index in [1.807, 2.05) is 0 Å². The van der Waals surface area contributed by atoms with Crippen LogP contribution < -0.4 is 14.9 Å². The van der Waals surface area contributed by atoms with Crippen molar-refractivity contribution in [3.05, 3.63) is 99.6 Å². The van der Waals surface area contributed by atoms with Gasteiger partial charge in [0.05, 0.1) is 18.2 Å². The lowest BCUT2D eigenvalue weighted by Crippen LogP contribution is -2.17. The number of amides is 1. The van der Waals surface area contributed by atoms with E-state index in [4.69, 9.17) is 9.47 Å². The molecule has 8 heteroatoms. The van der Waals surface area contributed by atoms with Crippen LogP contribution in [0.15, 0.2) is 77.9 Å². The Kier molecular flexibility index (Phi) is 6.73. The number of nitro benzene ring substituents is 1. The molecule has 3 aromatic carbocycles. The molecule has 30 heavy (non-hydrogen) atoms. The highest BCUT2D eigenvalue weighted by Crippen LogP contribution is 2.16. The Morgan fingerprint density at radius 2 is 1.63 bits per heavy atom. The molecule has 8 nitrogen and oxygen atoms in total. The summed E-state index contributed by atoms with van der Waals surface area (Å²) in [5.74, 6) is 0.996. The van der Waals surface area contributed by atoms with Gasteiger partial charge in [0.1, 0.15) is 18.1 Å². The van der Waals surface area contributed by atoms with E-state index >= 15 is 0 Å². The maximum Gasteiger partial charge on any atom is 0.271 e. The minimum atomic E-state index is -0.440. The number of carbonyl (C=O) groups excluding carboxylic acids is 1. The third-order valence-electron chi connectivity index (χ3n) is 4.16. The molecular weight excluding hydrogens is 386 g/mol. The minimum Gasteiger partial charge on any atom is -0.497 e. The molecule has 0 aliphatic heterocycles. The summed E-state index contributed by atoms with van der Waals surface area (Å²) in [6.45, 7) is 0.295. The SMILES string of the molecule is COc1ccc(C(=O)N/N=C\c2ccc(OCc3ccc([N+](=O)[O-])cc3)cc2)cc1. The van der Waals surface area contributed by atoms with Crippen molar-refractivity contribution in [2.24, 2.45) is 5.10 Å². The molecule has 152 valence electrons. The number of hydrazone groups is 1. The number of nitrogens with one attached hydrogen (secondary N) is 1. The quantitative estimate of drug-likeness (QED) is 0.347. The Balaban J connectivity index is 1.49. The largest absolute Gasteiger partial charge is 0.497 e. The van der Waals surface area contributed by atoms with Gasteiger partial charge in [0.25, 0.3) is 11.6 Å². The molecule has 1 N–H and O–H groups in total. The van der Waals surface area contributed by atoms with Crippen LogP contribution in [0.5, 0.6) is 11.5 Å². The summed E-state index contributed by atoms with van der Waals surface area (Å²) in [4.78, 5) is 22.3. The highest BCUT2D eigenvalue weighted by atomic mass is 16.6. The number of hydrogen-bond acceptors (Lipinski definition) is 6. The molecular formula is C22H19N3O5. The van der Waals surface area contributed by atoms with E-state index in [2.05, 4.69) is 10.5 Å². The Bertz CT molecular complexity index is 1030. The summed E-state index contributed by atoms with van der Waals surface area (Å²) in [6.07, 6.45) is 1.53. The topological polar surface area (TPSA) is 103 Å². The Morgan fingerprint density at radius 1 is 1.00 bits per heavy atom. The average Bonchev–Trinajstić information content (AvgIpc) is 2.78. The molecule has 0 spiro atoms. The summed E-state index contributed by atoms with van der Waals surface area (Å²) in [7, 11) is 1.56. The molecule has 0 heterocycles. The first-order valence-electron chi connectivity index (χ1n) is 8.99. The first-order valence-corrected chi connectivity index (χ1v) is 8.99. The average molecular weight is 405 g/mol. The zero-order valence-corrected chi connectivity index (χ0v) is 16.1. The highest BCUT2D eigenvalue weighted by Gasteiger charge is 2.05. The molecule has 0 aromatic heterocycles. The normalized spacial score (nSPS) is 10.6. The zero-order valence-electron chi connectivity index (χ0n) is 16.1. The third-order valence-corrected chi connectivity index (χ3v) is 4.16. The van der Waals surface area contributed by atoms with E-state index in [1.165, 1.54) is 18.3 Å². The summed E-state index contributed by atoms with van der Waals surface area (Å²) >= 11 is 0. The van der Waals surface area contributed by atoms with Crippen LogP contribution in [0.4, 0.5) is 5.69 Å². The molecule has 0 aliphatic carbocycles. The first kappa shape index (κ1) is 20.5. The molecule has 0 radical (unpaired) electrons. The molecule has 0 unspecified atom stereocenters. The van der Waals surface area contributed by atoms with Crippen molar-refractivity contribution in [2.75, 3.05) is 7.11 Å². The Hall–Kier alpha value is -4.20. The van der Waals surface area contributed by atoms with Crippen LogP contribution in [0.1, 0.15) is 21.5 Å². The fourth-order valence-corrected chi connectivity index (χ4v) is 2.50. The number of hydrogen-bond donors (Lipinski definition) is 1. The van der Waals surface area contributed by atoms with Crippen molar-refractivity contribution in [3.63, 3.8) is 0 Å². The van der Waals surface area contributed by atoms with Gasteiger partial charge in [-0.3, -0.25) is 14.9 Å². The monoisotopic (exact) mass is 405 g/mol. The molecule has 3 rings (SSSR count). The molecule has 0 bridgehead atoms. The predicted octanol–water partition coefficient (Wildman–Crippen LogP) is 3.95. The lowest BCUT2D eigenvalue weighted by atomic mass is 10.2. The minimum absolute atomic E-state index is 0.0430. The molecule has 0 aliphatic rings. The molecule has 0 fully saturated rings. The lowest BCUT2D eigenvalue weighted by Gasteiger charge is -2.06. The van der Waals surface area contributed by atoms with Crippen molar-refractivity contribution >= 4 is 17.8 Å². The van der Waals surface area contributed by atoms with E-state index in [-0.39, 0.29) is 11.6 Å². The summed E-state index contributed by atoms with van der Waals surface area (Å²) < 4.78 is 10.7. The van der Waals surface area contributed by atoms with Gasteiger partial charge in [0.2, 0.25) is 0 Å². The van der Waals surface area contributed by atoms with Crippen molar-refractivity contribution in [1.82, 2.24) is 5.43 Å². The van der Waals surface area contributed by atoms with Crippen molar-refractivity contribution in [1.29, 1.82) is 0 Å². The van der Waals surface area contributed by atoms with Gasteiger partial charge in [0, 0.05) is 17.7 Å². The number of benzene rings is 3.